The summed E-state index contributed by atoms with van der Waals surface area (Å²) in [6, 6.07) is 9.90. The predicted molar refractivity (Wildman–Crippen MR) is 79.0 cm³/mol. The summed E-state index contributed by atoms with van der Waals surface area (Å²) >= 11 is 0. The van der Waals surface area contributed by atoms with Crippen LogP contribution in [0.5, 0.6) is 0 Å². The summed E-state index contributed by atoms with van der Waals surface area (Å²) in [5.74, 6) is -0.826. The van der Waals surface area contributed by atoms with E-state index in [1.807, 2.05) is 12.1 Å². The zero-order valence-corrected chi connectivity index (χ0v) is 11.2. The zero-order valence-electron chi connectivity index (χ0n) is 11.2. The second-order valence-electron chi connectivity index (χ2n) is 4.90. The zero-order chi connectivity index (χ0) is 14.8. The lowest BCUT2D eigenvalue weighted by Crippen LogP contribution is -2.04. The highest BCUT2D eigenvalue weighted by Crippen LogP contribution is 2.28. The van der Waals surface area contributed by atoms with Gasteiger partial charge in [-0.2, -0.15) is 4.39 Å². The number of halogens is 1. The van der Waals surface area contributed by atoms with Crippen molar-refractivity contribution >= 4 is 17.1 Å². The number of nitrogens with zero attached hydrogens (tertiary/aromatic N) is 1. The normalized spacial score (nSPS) is 12.6. The molecule has 0 saturated heterocycles. The Hall–Kier alpha value is -2.63. The second-order valence-corrected chi connectivity index (χ2v) is 4.90. The van der Waals surface area contributed by atoms with E-state index in [1.165, 1.54) is 17.7 Å². The maximum Gasteiger partial charge on any atom is 0.306 e. The van der Waals surface area contributed by atoms with Crippen LogP contribution in [0.1, 0.15) is 11.1 Å². The Morgan fingerprint density at radius 2 is 2.19 bits per heavy atom. The molecule has 1 aliphatic rings. The van der Waals surface area contributed by atoms with Gasteiger partial charge in [-0.1, -0.05) is 18.2 Å². The van der Waals surface area contributed by atoms with Crippen molar-refractivity contribution in [3.05, 3.63) is 63.5 Å². The van der Waals surface area contributed by atoms with Crippen molar-refractivity contribution < 1.29 is 9.31 Å². The topological polar surface area (TPSA) is 67.2 Å². The van der Waals surface area contributed by atoms with E-state index in [2.05, 4.69) is 16.7 Å². The van der Waals surface area contributed by atoms with Crippen LogP contribution >= 0.6 is 0 Å². The Morgan fingerprint density at radius 3 is 3.00 bits per heavy atom. The van der Waals surface area contributed by atoms with Crippen LogP contribution in [-0.2, 0) is 13.0 Å². The Kier molecular flexibility index (Phi) is 3.43. The van der Waals surface area contributed by atoms with E-state index >= 15 is 0 Å². The lowest BCUT2D eigenvalue weighted by Gasteiger charge is -2.11. The fourth-order valence-corrected chi connectivity index (χ4v) is 2.52. The average Bonchev–Trinajstić information content (AvgIpc) is 2.95. The molecule has 0 aromatic heterocycles. The first-order valence-corrected chi connectivity index (χ1v) is 6.67. The molecule has 0 unspecified atom stereocenters. The Labute approximate surface area is 120 Å². The van der Waals surface area contributed by atoms with Gasteiger partial charge in [-0.3, -0.25) is 10.1 Å². The molecule has 21 heavy (non-hydrogen) atoms. The molecule has 3 rings (SSSR count). The van der Waals surface area contributed by atoms with Crippen LogP contribution in [0.25, 0.3) is 0 Å². The van der Waals surface area contributed by atoms with Gasteiger partial charge >= 0.3 is 5.69 Å². The molecule has 0 aliphatic carbocycles. The van der Waals surface area contributed by atoms with Gasteiger partial charge in [0.2, 0.25) is 5.82 Å². The minimum absolute atomic E-state index is 0.517. The molecule has 2 N–H and O–H groups in total. The summed E-state index contributed by atoms with van der Waals surface area (Å²) in [5, 5.41) is 17.2. The Balaban J connectivity index is 1.78. The fraction of sp³-hybridized carbons (Fsp3) is 0.200. The molecule has 5 nitrogen and oxygen atoms in total. The predicted octanol–water partition coefficient (Wildman–Crippen LogP) is 3.31. The van der Waals surface area contributed by atoms with Crippen LogP contribution in [0, 0.1) is 15.9 Å². The highest BCUT2D eigenvalue weighted by Gasteiger charge is 2.16. The van der Waals surface area contributed by atoms with Gasteiger partial charge < -0.3 is 10.6 Å². The fourth-order valence-electron chi connectivity index (χ4n) is 2.52. The highest BCUT2D eigenvalue weighted by atomic mass is 19.1. The number of hydrogen-bond donors (Lipinski definition) is 2. The molecule has 0 spiro atoms. The van der Waals surface area contributed by atoms with Gasteiger partial charge in [0.1, 0.15) is 0 Å². The van der Waals surface area contributed by atoms with E-state index in [0.717, 1.165) is 30.3 Å². The van der Waals surface area contributed by atoms with E-state index in [4.69, 9.17) is 0 Å². The van der Waals surface area contributed by atoms with E-state index in [9.17, 15) is 14.5 Å². The first-order valence-electron chi connectivity index (χ1n) is 6.67. The van der Waals surface area contributed by atoms with E-state index < -0.39 is 16.4 Å². The third-order valence-corrected chi connectivity index (χ3v) is 3.56. The average molecular weight is 287 g/mol. The number of para-hydroxylation sites is 1. The standard InChI is InChI=1S/C15H14FN3O2/c16-13-5-4-12(8-14(13)19(20)21)18-9-11-3-1-2-10-6-7-17-15(10)11/h1-5,8,17-18H,6-7,9H2. The molecule has 1 aliphatic heterocycles. The molecular formula is C15H14FN3O2. The molecule has 0 atom stereocenters. The maximum absolute atomic E-state index is 13.3. The number of hydrogen-bond acceptors (Lipinski definition) is 4. The highest BCUT2D eigenvalue weighted by molar-refractivity contribution is 5.62. The second kappa shape index (κ2) is 5.40. The number of benzene rings is 2. The molecule has 0 radical (unpaired) electrons. The number of nitrogens with one attached hydrogen (secondary N) is 2. The first-order chi connectivity index (χ1) is 10.1. The van der Waals surface area contributed by atoms with Crippen LogP contribution in [0.15, 0.2) is 36.4 Å². The number of nitro benzene ring substituents is 1. The van der Waals surface area contributed by atoms with Gasteiger partial charge in [-0.25, -0.2) is 0 Å². The third kappa shape index (κ3) is 2.65. The summed E-state index contributed by atoms with van der Waals surface area (Å²) in [7, 11) is 0. The van der Waals surface area contributed by atoms with Crippen molar-refractivity contribution in [2.24, 2.45) is 0 Å². The number of fused-ring (bicyclic) bond motifs is 1. The molecule has 6 heteroatoms. The van der Waals surface area contributed by atoms with Gasteiger partial charge in [0, 0.05) is 30.5 Å². The summed E-state index contributed by atoms with van der Waals surface area (Å²) in [4.78, 5) is 10.0. The lowest BCUT2D eigenvalue weighted by atomic mass is 10.1. The summed E-state index contributed by atoms with van der Waals surface area (Å²) in [6.45, 7) is 1.45. The van der Waals surface area contributed by atoms with Crippen molar-refractivity contribution in [2.45, 2.75) is 13.0 Å². The number of rotatable bonds is 4. The summed E-state index contributed by atoms with van der Waals surface area (Å²) in [6.07, 6.45) is 1.01. The quantitative estimate of drug-likeness (QED) is 0.668. The van der Waals surface area contributed by atoms with Gasteiger partial charge in [-0.05, 0) is 29.7 Å². The van der Waals surface area contributed by atoms with E-state index in [-0.39, 0.29) is 0 Å². The van der Waals surface area contributed by atoms with Crippen molar-refractivity contribution in [2.75, 3.05) is 17.2 Å². The number of anilines is 2. The molecule has 2 aromatic carbocycles. The van der Waals surface area contributed by atoms with Gasteiger partial charge in [-0.15, -0.1) is 0 Å². The molecule has 0 amide bonds. The van der Waals surface area contributed by atoms with Crippen molar-refractivity contribution in [1.82, 2.24) is 0 Å². The summed E-state index contributed by atoms with van der Waals surface area (Å²) in [5.41, 5.74) is 3.51. The van der Waals surface area contributed by atoms with E-state index in [1.54, 1.807) is 0 Å². The Bertz CT molecular complexity index is 703. The van der Waals surface area contributed by atoms with Gasteiger partial charge in [0.25, 0.3) is 0 Å². The molecule has 0 fully saturated rings. The molecule has 0 saturated carbocycles. The molecular weight excluding hydrogens is 273 g/mol. The maximum atomic E-state index is 13.3. The van der Waals surface area contributed by atoms with Crippen molar-refractivity contribution in [3.63, 3.8) is 0 Å². The smallest absolute Gasteiger partial charge is 0.306 e. The minimum atomic E-state index is -0.826. The van der Waals surface area contributed by atoms with Crippen LogP contribution in [0.2, 0.25) is 0 Å². The third-order valence-electron chi connectivity index (χ3n) is 3.56. The molecule has 2 aromatic rings. The largest absolute Gasteiger partial charge is 0.384 e. The van der Waals surface area contributed by atoms with Crippen LogP contribution in [-0.4, -0.2) is 11.5 Å². The molecule has 1 heterocycles. The van der Waals surface area contributed by atoms with Gasteiger partial charge in [0.05, 0.1) is 4.92 Å². The number of nitro groups is 1. The Morgan fingerprint density at radius 1 is 1.33 bits per heavy atom. The van der Waals surface area contributed by atoms with Crippen LogP contribution in [0.3, 0.4) is 0 Å². The summed E-state index contributed by atoms with van der Waals surface area (Å²) < 4.78 is 13.3. The van der Waals surface area contributed by atoms with Crippen LogP contribution < -0.4 is 10.6 Å². The van der Waals surface area contributed by atoms with E-state index in [0.29, 0.717) is 12.2 Å². The van der Waals surface area contributed by atoms with Gasteiger partial charge in [0.15, 0.2) is 0 Å². The van der Waals surface area contributed by atoms with Crippen molar-refractivity contribution in [3.8, 4) is 0 Å². The minimum Gasteiger partial charge on any atom is -0.384 e. The van der Waals surface area contributed by atoms with Crippen molar-refractivity contribution in [1.29, 1.82) is 0 Å². The SMILES string of the molecule is O=[N+]([O-])c1cc(NCc2cccc3c2NCC3)ccc1F. The monoisotopic (exact) mass is 287 g/mol. The first kappa shape index (κ1) is 13.4. The lowest BCUT2D eigenvalue weighted by molar-refractivity contribution is -0.387. The van der Waals surface area contributed by atoms with Crippen LogP contribution in [0.4, 0.5) is 21.5 Å². The molecule has 0 bridgehead atoms. The molecule has 108 valence electrons.